The summed E-state index contributed by atoms with van der Waals surface area (Å²) in [7, 11) is 0. The summed E-state index contributed by atoms with van der Waals surface area (Å²) >= 11 is 0. The fraction of sp³-hybridized carbons (Fsp3) is 0.500. The fourth-order valence-electron chi connectivity index (χ4n) is 2.80. The highest BCUT2D eigenvalue weighted by molar-refractivity contribution is 5.97. The summed E-state index contributed by atoms with van der Waals surface area (Å²) in [6.07, 6.45) is 6.11. The molecule has 2 N–H and O–H groups in total. The first-order valence-electron chi connectivity index (χ1n) is 7.66. The minimum atomic E-state index is -0.0963. The number of aliphatic hydroxyl groups excluding tert-OH is 1. The molecule has 0 radical (unpaired) electrons. The van der Waals surface area contributed by atoms with E-state index in [4.69, 9.17) is 5.11 Å². The average molecular weight is 285 g/mol. The highest BCUT2D eigenvalue weighted by Gasteiger charge is 2.29. The number of aliphatic hydroxyl groups is 1. The molecule has 0 aromatic heterocycles. The molecule has 0 bridgehead atoms. The van der Waals surface area contributed by atoms with Crippen LogP contribution in [-0.2, 0) is 0 Å². The number of rotatable bonds is 3. The van der Waals surface area contributed by atoms with E-state index in [-0.39, 0.29) is 18.1 Å². The van der Waals surface area contributed by atoms with Gasteiger partial charge in [0.05, 0.1) is 12.2 Å². The summed E-state index contributed by atoms with van der Waals surface area (Å²) in [5.74, 6) is 5.81. The Labute approximate surface area is 126 Å². The lowest BCUT2D eigenvalue weighted by Gasteiger charge is -2.34. The van der Waals surface area contributed by atoms with Crippen LogP contribution in [-0.4, -0.2) is 23.2 Å². The molecule has 1 aliphatic carbocycles. The van der Waals surface area contributed by atoms with Crippen LogP contribution in [0.2, 0.25) is 0 Å². The van der Waals surface area contributed by atoms with E-state index in [9.17, 15) is 4.79 Å². The number of hydrogen-bond acceptors (Lipinski definition) is 2. The SMILES string of the molecule is CC1(NC(=O)c2ccccc2C#CCCO)CCCCC1. The summed E-state index contributed by atoms with van der Waals surface area (Å²) in [5, 5.41) is 12.0. The summed E-state index contributed by atoms with van der Waals surface area (Å²) in [4.78, 5) is 12.5. The van der Waals surface area contributed by atoms with Crippen LogP contribution >= 0.6 is 0 Å². The molecule has 0 unspecified atom stereocenters. The van der Waals surface area contributed by atoms with E-state index in [1.807, 2.05) is 24.3 Å². The molecule has 0 aliphatic heterocycles. The van der Waals surface area contributed by atoms with Crippen LogP contribution < -0.4 is 5.32 Å². The zero-order valence-corrected chi connectivity index (χ0v) is 12.6. The van der Waals surface area contributed by atoms with Gasteiger partial charge in [0.25, 0.3) is 5.91 Å². The van der Waals surface area contributed by atoms with Gasteiger partial charge in [-0.2, -0.15) is 0 Å². The predicted molar refractivity (Wildman–Crippen MR) is 84.0 cm³/mol. The van der Waals surface area contributed by atoms with Crippen LogP contribution in [0.3, 0.4) is 0 Å². The minimum Gasteiger partial charge on any atom is -0.395 e. The van der Waals surface area contributed by atoms with Gasteiger partial charge in [-0.05, 0) is 31.9 Å². The Kier molecular flexibility index (Phi) is 5.41. The van der Waals surface area contributed by atoms with Gasteiger partial charge >= 0.3 is 0 Å². The van der Waals surface area contributed by atoms with Crippen molar-refractivity contribution in [2.45, 2.75) is 51.0 Å². The molecule has 1 amide bonds. The second kappa shape index (κ2) is 7.28. The van der Waals surface area contributed by atoms with Gasteiger partial charge in [0.15, 0.2) is 0 Å². The third kappa shape index (κ3) is 4.34. The molecule has 112 valence electrons. The lowest BCUT2D eigenvalue weighted by Crippen LogP contribution is -2.47. The topological polar surface area (TPSA) is 49.3 Å². The van der Waals surface area contributed by atoms with Crippen LogP contribution in [0.4, 0.5) is 0 Å². The lowest BCUT2D eigenvalue weighted by atomic mass is 9.83. The van der Waals surface area contributed by atoms with Gasteiger partial charge in [-0.1, -0.05) is 43.2 Å². The Morgan fingerprint density at radius 3 is 2.71 bits per heavy atom. The van der Waals surface area contributed by atoms with E-state index in [1.54, 1.807) is 0 Å². The number of nitrogens with one attached hydrogen (secondary N) is 1. The standard InChI is InChI=1S/C18H23NO2/c1-18(12-6-2-7-13-18)19-17(21)16-11-4-3-9-15(16)10-5-8-14-20/h3-4,9,11,20H,2,6-8,12-14H2,1H3,(H,19,21). The molecule has 3 nitrogen and oxygen atoms in total. The quantitative estimate of drug-likeness (QED) is 0.839. The molecule has 2 rings (SSSR count). The molecule has 1 fully saturated rings. The predicted octanol–water partition coefficient (Wildman–Crippen LogP) is 2.87. The highest BCUT2D eigenvalue weighted by atomic mass is 16.2. The molecule has 0 saturated heterocycles. The first-order valence-corrected chi connectivity index (χ1v) is 7.66. The van der Waals surface area contributed by atoms with E-state index < -0.39 is 0 Å². The van der Waals surface area contributed by atoms with Crippen molar-refractivity contribution < 1.29 is 9.90 Å². The van der Waals surface area contributed by atoms with Crippen LogP contribution in [0.5, 0.6) is 0 Å². The molecule has 0 spiro atoms. The number of carbonyl (C=O) groups is 1. The van der Waals surface area contributed by atoms with Gasteiger partial charge < -0.3 is 10.4 Å². The molecular weight excluding hydrogens is 262 g/mol. The number of amides is 1. The van der Waals surface area contributed by atoms with Gasteiger partial charge in [-0.3, -0.25) is 4.79 Å². The van der Waals surface area contributed by atoms with Gasteiger partial charge in [0, 0.05) is 17.5 Å². The Hall–Kier alpha value is -1.79. The summed E-state index contributed by atoms with van der Waals surface area (Å²) in [5.41, 5.74) is 1.25. The number of carbonyl (C=O) groups excluding carboxylic acids is 1. The lowest BCUT2D eigenvalue weighted by molar-refractivity contribution is 0.0882. The van der Waals surface area contributed by atoms with Crippen molar-refractivity contribution in [3.05, 3.63) is 35.4 Å². The van der Waals surface area contributed by atoms with Crippen LogP contribution in [0.15, 0.2) is 24.3 Å². The first-order chi connectivity index (χ1) is 10.1. The molecule has 0 heterocycles. The number of benzene rings is 1. The maximum atomic E-state index is 12.5. The van der Waals surface area contributed by atoms with Gasteiger partial charge in [-0.15, -0.1) is 0 Å². The van der Waals surface area contributed by atoms with Gasteiger partial charge in [0.2, 0.25) is 0 Å². The maximum Gasteiger partial charge on any atom is 0.252 e. The summed E-state index contributed by atoms with van der Waals surface area (Å²) in [6.45, 7) is 2.17. The van der Waals surface area contributed by atoms with Crippen LogP contribution in [0.1, 0.15) is 61.4 Å². The third-order valence-electron chi connectivity index (χ3n) is 4.00. The zero-order valence-electron chi connectivity index (χ0n) is 12.6. The van der Waals surface area contributed by atoms with Crippen molar-refractivity contribution in [2.24, 2.45) is 0 Å². The zero-order chi connectivity index (χ0) is 15.1. The highest BCUT2D eigenvalue weighted by Crippen LogP contribution is 2.28. The average Bonchev–Trinajstić information content (AvgIpc) is 2.48. The molecular formula is C18H23NO2. The second-order valence-corrected chi connectivity index (χ2v) is 5.90. The summed E-state index contributed by atoms with van der Waals surface area (Å²) < 4.78 is 0. The molecule has 0 atom stereocenters. The van der Waals surface area contributed by atoms with Crippen molar-refractivity contribution in [2.75, 3.05) is 6.61 Å². The van der Waals surface area contributed by atoms with E-state index in [1.165, 1.54) is 19.3 Å². The van der Waals surface area contributed by atoms with Crippen molar-refractivity contribution in [1.82, 2.24) is 5.32 Å². The number of hydrogen-bond donors (Lipinski definition) is 2. The molecule has 1 aromatic carbocycles. The normalized spacial score (nSPS) is 16.7. The van der Waals surface area contributed by atoms with Crippen molar-refractivity contribution in [1.29, 1.82) is 0 Å². The van der Waals surface area contributed by atoms with Crippen molar-refractivity contribution in [3.63, 3.8) is 0 Å². The van der Waals surface area contributed by atoms with E-state index >= 15 is 0 Å². The third-order valence-corrected chi connectivity index (χ3v) is 4.00. The fourth-order valence-corrected chi connectivity index (χ4v) is 2.80. The molecule has 1 saturated carbocycles. The Morgan fingerprint density at radius 1 is 1.29 bits per heavy atom. The van der Waals surface area contributed by atoms with E-state index in [0.29, 0.717) is 12.0 Å². The van der Waals surface area contributed by atoms with E-state index in [0.717, 1.165) is 18.4 Å². The van der Waals surface area contributed by atoms with Gasteiger partial charge in [0.1, 0.15) is 0 Å². The molecule has 21 heavy (non-hydrogen) atoms. The largest absolute Gasteiger partial charge is 0.395 e. The second-order valence-electron chi connectivity index (χ2n) is 5.90. The smallest absolute Gasteiger partial charge is 0.252 e. The molecule has 1 aliphatic rings. The molecule has 1 aromatic rings. The van der Waals surface area contributed by atoms with Crippen molar-refractivity contribution in [3.8, 4) is 11.8 Å². The van der Waals surface area contributed by atoms with Gasteiger partial charge in [-0.25, -0.2) is 0 Å². The van der Waals surface area contributed by atoms with E-state index in [2.05, 4.69) is 24.1 Å². The Morgan fingerprint density at radius 2 is 2.00 bits per heavy atom. The monoisotopic (exact) mass is 285 g/mol. The van der Waals surface area contributed by atoms with Crippen molar-refractivity contribution >= 4 is 5.91 Å². The summed E-state index contributed by atoms with van der Waals surface area (Å²) in [6, 6.07) is 7.39. The molecule has 3 heteroatoms. The van der Waals surface area contributed by atoms with Crippen LogP contribution in [0.25, 0.3) is 0 Å². The Balaban J connectivity index is 2.14. The minimum absolute atomic E-state index is 0.0411. The first kappa shape index (κ1) is 15.6. The van der Waals surface area contributed by atoms with Crippen LogP contribution in [0, 0.1) is 11.8 Å². The maximum absolute atomic E-state index is 12.5. The Bertz CT molecular complexity index is 548.